The number of rotatable bonds is 6. The largest absolute Gasteiger partial charge is 0.453 e. The van der Waals surface area contributed by atoms with Crippen LogP contribution >= 0.6 is 11.8 Å². The minimum atomic E-state index is -4.21. The number of hydrogen-bond acceptors (Lipinski definition) is 5. The molecule has 1 aromatic heterocycles. The fraction of sp³-hybridized carbons (Fsp3) is 0.125. The second-order valence-corrected chi connectivity index (χ2v) is 10.1. The van der Waals surface area contributed by atoms with E-state index in [1.807, 2.05) is 0 Å². The number of ketones is 1. The molecule has 0 aliphatic rings. The molecule has 3 aromatic carbocycles. The number of ether oxygens (including phenoxy) is 1. The lowest BCUT2D eigenvalue weighted by Crippen LogP contribution is -2.13. The molecule has 4 rings (SSSR count). The van der Waals surface area contributed by atoms with Gasteiger partial charge in [-0.25, -0.2) is 21.2 Å². The van der Waals surface area contributed by atoms with Gasteiger partial charge in [0.2, 0.25) is 5.82 Å². The van der Waals surface area contributed by atoms with E-state index in [1.165, 1.54) is 31.2 Å². The van der Waals surface area contributed by atoms with Gasteiger partial charge in [0.25, 0.3) is 10.0 Å². The van der Waals surface area contributed by atoms with E-state index in [9.17, 15) is 17.6 Å². The summed E-state index contributed by atoms with van der Waals surface area (Å²) in [4.78, 5) is 11.7. The maximum Gasteiger partial charge on any atom is 0.268 e. The summed E-state index contributed by atoms with van der Waals surface area (Å²) >= 11 is 1.02. The van der Waals surface area contributed by atoms with E-state index in [4.69, 9.17) is 4.74 Å². The highest BCUT2D eigenvalue weighted by molar-refractivity contribution is 7.99. The lowest BCUT2D eigenvalue weighted by Gasteiger charge is -2.15. The number of fused-ring (bicyclic) bond motifs is 1. The van der Waals surface area contributed by atoms with E-state index in [-0.39, 0.29) is 26.5 Å². The Hall–Kier alpha value is -3.24. The molecule has 0 spiro atoms. The lowest BCUT2D eigenvalue weighted by molar-refractivity contribution is 0.101. The molecule has 0 amide bonds. The van der Waals surface area contributed by atoms with Crippen molar-refractivity contribution in [2.75, 3.05) is 6.26 Å². The first-order valence-corrected chi connectivity index (χ1v) is 12.6. The molecule has 5 nitrogen and oxygen atoms in total. The van der Waals surface area contributed by atoms with Crippen molar-refractivity contribution >= 4 is 38.5 Å². The highest BCUT2D eigenvalue weighted by atomic mass is 32.2. The van der Waals surface area contributed by atoms with Crippen molar-refractivity contribution in [3.63, 3.8) is 0 Å². The molecule has 176 valence electrons. The molecule has 0 saturated heterocycles. The summed E-state index contributed by atoms with van der Waals surface area (Å²) in [6.45, 7) is 2.96. The zero-order chi connectivity index (χ0) is 24.8. The topological polar surface area (TPSA) is 65.4 Å². The fourth-order valence-electron chi connectivity index (χ4n) is 3.51. The van der Waals surface area contributed by atoms with Crippen LogP contribution in [0.2, 0.25) is 0 Å². The van der Waals surface area contributed by atoms with Crippen molar-refractivity contribution in [2.45, 2.75) is 23.6 Å². The lowest BCUT2D eigenvalue weighted by atomic mass is 10.1. The molecule has 0 radical (unpaired) electrons. The van der Waals surface area contributed by atoms with Gasteiger partial charge in [-0.2, -0.15) is 4.39 Å². The quantitative estimate of drug-likeness (QED) is 0.227. The first-order valence-electron chi connectivity index (χ1n) is 9.92. The Bertz CT molecular complexity index is 1550. The second-order valence-electron chi connectivity index (χ2n) is 7.48. The monoisotopic (exact) mass is 505 g/mol. The first kappa shape index (κ1) is 23.9. The van der Waals surface area contributed by atoms with Crippen LogP contribution < -0.4 is 4.74 Å². The van der Waals surface area contributed by atoms with Crippen LogP contribution in [0.15, 0.2) is 64.5 Å². The van der Waals surface area contributed by atoms with Crippen LogP contribution in [0, 0.1) is 24.4 Å². The van der Waals surface area contributed by atoms with Crippen LogP contribution in [-0.2, 0) is 10.0 Å². The van der Waals surface area contributed by atoms with Crippen LogP contribution in [0.5, 0.6) is 11.5 Å². The number of benzene rings is 3. The van der Waals surface area contributed by atoms with Gasteiger partial charge < -0.3 is 4.74 Å². The van der Waals surface area contributed by atoms with Gasteiger partial charge in [0.15, 0.2) is 17.3 Å². The summed E-state index contributed by atoms with van der Waals surface area (Å²) in [5.74, 6) is -4.74. The third kappa shape index (κ3) is 3.97. The predicted octanol–water partition coefficient (Wildman–Crippen LogP) is 6.32. The van der Waals surface area contributed by atoms with Crippen LogP contribution in [0.25, 0.3) is 10.9 Å². The Morgan fingerprint density at radius 1 is 1.00 bits per heavy atom. The van der Waals surface area contributed by atoms with Crippen LogP contribution in [0.1, 0.15) is 22.8 Å². The minimum Gasteiger partial charge on any atom is -0.453 e. The third-order valence-corrected chi connectivity index (χ3v) is 7.73. The number of halogens is 3. The Morgan fingerprint density at radius 2 is 1.68 bits per heavy atom. The average molecular weight is 506 g/mol. The number of aryl methyl sites for hydroxylation is 1. The molecule has 0 N–H and O–H groups in total. The van der Waals surface area contributed by atoms with Crippen LogP contribution in [0.3, 0.4) is 0 Å². The maximum absolute atomic E-state index is 15.3. The second kappa shape index (κ2) is 8.84. The SMILES string of the molecule is CSc1c(Oc2ccc(F)c(C(C)=O)c2)c(F)c(F)c2c1ccn2S(=O)(=O)c1ccc(C)cc1. The number of aromatic nitrogens is 1. The molecule has 0 saturated carbocycles. The molecule has 1 heterocycles. The number of thioether (sulfide) groups is 1. The van der Waals surface area contributed by atoms with Gasteiger partial charge in [-0.3, -0.25) is 4.79 Å². The van der Waals surface area contributed by atoms with Crippen molar-refractivity contribution in [3.05, 3.63) is 83.3 Å². The molecule has 0 fully saturated rings. The first-order chi connectivity index (χ1) is 16.1. The molecule has 4 aromatic rings. The van der Waals surface area contributed by atoms with E-state index >= 15 is 8.78 Å². The number of carbonyl (C=O) groups is 1. The molecule has 10 heteroatoms. The van der Waals surface area contributed by atoms with Gasteiger partial charge in [0, 0.05) is 11.6 Å². The summed E-state index contributed by atoms with van der Waals surface area (Å²) in [6, 6.07) is 10.6. The summed E-state index contributed by atoms with van der Waals surface area (Å²) in [5, 5.41) is 0.117. The number of hydrogen-bond donors (Lipinski definition) is 0. The summed E-state index contributed by atoms with van der Waals surface area (Å²) in [7, 11) is -4.21. The fourth-order valence-corrected chi connectivity index (χ4v) is 5.56. The van der Waals surface area contributed by atoms with Crippen molar-refractivity contribution < 1.29 is 31.1 Å². The van der Waals surface area contributed by atoms with Gasteiger partial charge in [-0.1, -0.05) is 17.7 Å². The molecular formula is C24H18F3NO4S2. The van der Waals surface area contributed by atoms with Gasteiger partial charge >= 0.3 is 0 Å². The standard InChI is InChI=1S/C24H18F3NO4S2/c1-13-4-7-16(8-5-13)34(30,31)28-11-10-17-22(28)20(26)21(27)23(24(17)33-3)32-15-6-9-19(25)18(12-15)14(2)29/h4-12H,1-3H3. The van der Waals surface area contributed by atoms with Gasteiger partial charge in [-0.15, -0.1) is 11.8 Å². The van der Waals surface area contributed by atoms with Crippen molar-refractivity contribution in [3.8, 4) is 11.5 Å². The summed E-state index contributed by atoms with van der Waals surface area (Å²) in [6.07, 6.45) is 2.74. The number of nitrogens with zero attached hydrogens (tertiary/aromatic N) is 1. The maximum atomic E-state index is 15.3. The van der Waals surface area contributed by atoms with Gasteiger partial charge in [-0.05, 0) is 56.5 Å². The van der Waals surface area contributed by atoms with E-state index in [1.54, 1.807) is 25.3 Å². The molecular weight excluding hydrogens is 487 g/mol. The van der Waals surface area contributed by atoms with Crippen molar-refractivity contribution in [1.29, 1.82) is 0 Å². The summed E-state index contributed by atoms with van der Waals surface area (Å²) in [5.41, 5.74) is 0.118. The Morgan fingerprint density at radius 3 is 2.29 bits per heavy atom. The summed E-state index contributed by atoms with van der Waals surface area (Å²) < 4.78 is 77.0. The number of Topliss-reactive ketones (excluding diaryl/α,β-unsaturated/α-hetero) is 1. The predicted molar refractivity (Wildman–Crippen MR) is 124 cm³/mol. The highest BCUT2D eigenvalue weighted by Gasteiger charge is 2.28. The van der Waals surface area contributed by atoms with Crippen molar-refractivity contribution in [1.82, 2.24) is 3.97 Å². The molecule has 0 unspecified atom stereocenters. The Balaban J connectivity index is 1.90. The van der Waals surface area contributed by atoms with Crippen LogP contribution in [0.4, 0.5) is 13.2 Å². The smallest absolute Gasteiger partial charge is 0.268 e. The molecule has 0 atom stereocenters. The van der Waals surface area contributed by atoms with Crippen LogP contribution in [-0.4, -0.2) is 24.4 Å². The molecule has 34 heavy (non-hydrogen) atoms. The number of carbonyl (C=O) groups excluding carboxylic acids is 1. The molecule has 0 aliphatic carbocycles. The Labute approximate surface area is 198 Å². The van der Waals surface area contributed by atoms with Gasteiger partial charge in [0.05, 0.1) is 15.4 Å². The zero-order valence-corrected chi connectivity index (χ0v) is 19.9. The van der Waals surface area contributed by atoms with Gasteiger partial charge in [0.1, 0.15) is 17.1 Å². The normalized spacial score (nSPS) is 11.7. The van der Waals surface area contributed by atoms with E-state index in [0.29, 0.717) is 3.97 Å². The highest BCUT2D eigenvalue weighted by Crippen LogP contribution is 2.43. The third-order valence-electron chi connectivity index (χ3n) is 5.22. The van der Waals surface area contributed by atoms with E-state index < -0.39 is 44.5 Å². The minimum absolute atomic E-state index is 0.0775. The zero-order valence-electron chi connectivity index (χ0n) is 18.2. The van der Waals surface area contributed by atoms with Crippen molar-refractivity contribution in [2.24, 2.45) is 0 Å². The van der Waals surface area contributed by atoms with E-state index in [0.717, 1.165) is 35.7 Å². The average Bonchev–Trinajstić information content (AvgIpc) is 3.25. The molecule has 0 aliphatic heterocycles. The molecule has 0 bridgehead atoms. The van der Waals surface area contributed by atoms with E-state index in [2.05, 4.69) is 0 Å². The Kier molecular flexibility index (Phi) is 6.22.